The van der Waals surface area contributed by atoms with Gasteiger partial charge in [0.05, 0.1) is 0 Å². The van der Waals surface area contributed by atoms with Gasteiger partial charge in [0.15, 0.2) is 0 Å². The molecular weight excluding hydrogens is 242 g/mol. The first-order chi connectivity index (χ1) is 9.29. The summed E-state index contributed by atoms with van der Waals surface area (Å²) in [6.45, 7) is 3.08. The van der Waals surface area contributed by atoms with Crippen molar-refractivity contribution in [2.75, 3.05) is 18.5 Å². The minimum Gasteiger partial charge on any atom is -0.494 e. The second-order valence-corrected chi connectivity index (χ2v) is 4.46. The van der Waals surface area contributed by atoms with Crippen molar-refractivity contribution in [2.24, 2.45) is 0 Å². The molecule has 19 heavy (non-hydrogen) atoms. The molecule has 0 radical (unpaired) electrons. The van der Waals surface area contributed by atoms with Crippen LogP contribution in [0.15, 0.2) is 36.3 Å². The summed E-state index contributed by atoms with van der Waals surface area (Å²) >= 11 is 0. The van der Waals surface area contributed by atoms with E-state index in [1.54, 1.807) is 0 Å². The zero-order valence-electron chi connectivity index (χ0n) is 11.1. The van der Waals surface area contributed by atoms with E-state index in [0.29, 0.717) is 13.2 Å². The van der Waals surface area contributed by atoms with Crippen LogP contribution >= 0.6 is 0 Å². The molecule has 1 heterocycles. The first-order valence-corrected chi connectivity index (χ1v) is 6.64. The Morgan fingerprint density at radius 1 is 1.26 bits per heavy atom. The molecule has 0 bridgehead atoms. The maximum Gasteiger partial charge on any atom is 0.294 e. The van der Waals surface area contributed by atoms with E-state index in [4.69, 9.17) is 9.47 Å². The first kappa shape index (κ1) is 13.5. The molecule has 0 saturated heterocycles. The van der Waals surface area contributed by atoms with Crippen molar-refractivity contribution >= 4 is 11.6 Å². The number of unbranched alkanes of at least 4 members (excludes halogenated alkanes) is 1. The average Bonchev–Trinajstić information content (AvgIpc) is 2.47. The maximum absolute atomic E-state index is 11.8. The highest BCUT2D eigenvalue weighted by atomic mass is 16.6. The topological polar surface area (TPSA) is 47.6 Å². The Morgan fingerprint density at radius 3 is 2.68 bits per heavy atom. The van der Waals surface area contributed by atoms with Crippen LogP contribution in [-0.2, 0) is 20.7 Å². The van der Waals surface area contributed by atoms with Gasteiger partial charge in [-0.25, -0.2) is 0 Å². The van der Waals surface area contributed by atoms with E-state index < -0.39 is 0 Å². The highest BCUT2D eigenvalue weighted by molar-refractivity contribution is 6.02. The van der Waals surface area contributed by atoms with E-state index in [-0.39, 0.29) is 11.7 Å². The predicted molar refractivity (Wildman–Crippen MR) is 73.7 cm³/mol. The van der Waals surface area contributed by atoms with Crippen molar-refractivity contribution in [1.82, 2.24) is 0 Å². The molecule has 1 N–H and O–H groups in total. The van der Waals surface area contributed by atoms with Crippen LogP contribution in [0.2, 0.25) is 0 Å². The Hall–Kier alpha value is -1.97. The molecule has 1 aromatic carbocycles. The van der Waals surface area contributed by atoms with Crippen molar-refractivity contribution in [3.63, 3.8) is 0 Å². The summed E-state index contributed by atoms with van der Waals surface area (Å²) in [5, 5.41) is 2.78. The fourth-order valence-corrected chi connectivity index (χ4v) is 1.82. The van der Waals surface area contributed by atoms with E-state index in [2.05, 4.69) is 12.2 Å². The minimum atomic E-state index is -0.277. The van der Waals surface area contributed by atoms with Gasteiger partial charge >= 0.3 is 0 Å². The number of aryl methyl sites for hydroxylation is 1. The van der Waals surface area contributed by atoms with Gasteiger partial charge in [0.25, 0.3) is 5.91 Å². The Bertz CT molecular complexity index is 451. The van der Waals surface area contributed by atoms with Gasteiger partial charge in [-0.3, -0.25) is 4.79 Å². The van der Waals surface area contributed by atoms with Crippen LogP contribution in [0.5, 0.6) is 0 Å². The largest absolute Gasteiger partial charge is 0.494 e. The molecule has 1 amide bonds. The van der Waals surface area contributed by atoms with E-state index in [0.717, 1.165) is 12.1 Å². The lowest BCUT2D eigenvalue weighted by molar-refractivity contribution is -0.117. The number of ether oxygens (including phenoxy) is 2. The van der Waals surface area contributed by atoms with Gasteiger partial charge in [-0.2, -0.15) is 0 Å². The molecule has 0 unspecified atom stereocenters. The molecule has 0 atom stereocenters. The fourth-order valence-electron chi connectivity index (χ4n) is 1.82. The van der Waals surface area contributed by atoms with Crippen molar-refractivity contribution in [3.8, 4) is 0 Å². The Kier molecular flexibility index (Phi) is 4.84. The molecular formula is C15H19NO3. The number of benzene rings is 1. The van der Waals surface area contributed by atoms with Crippen LogP contribution in [0, 0.1) is 0 Å². The molecule has 4 heteroatoms. The van der Waals surface area contributed by atoms with Crippen molar-refractivity contribution in [3.05, 3.63) is 41.9 Å². The lowest BCUT2D eigenvalue weighted by atomic mass is 10.1. The molecule has 1 aromatic rings. The van der Waals surface area contributed by atoms with E-state index in [1.807, 2.05) is 24.3 Å². The molecule has 0 aromatic heterocycles. The summed E-state index contributed by atoms with van der Waals surface area (Å²) in [7, 11) is 0. The standard InChI is InChI=1S/C15H19NO3/c1-2-3-4-12-5-7-13(8-6-12)16-15(17)14-11-18-9-10-19-14/h5-8,11H,2-4,9-10H2,1H3,(H,16,17). The summed E-state index contributed by atoms with van der Waals surface area (Å²) < 4.78 is 10.3. The fraction of sp³-hybridized carbons (Fsp3) is 0.400. The Labute approximate surface area is 113 Å². The predicted octanol–water partition coefficient (Wildman–Crippen LogP) is 2.86. The van der Waals surface area contributed by atoms with Crippen LogP contribution in [0.25, 0.3) is 0 Å². The monoisotopic (exact) mass is 261 g/mol. The van der Waals surface area contributed by atoms with Crippen molar-refractivity contribution < 1.29 is 14.3 Å². The van der Waals surface area contributed by atoms with Gasteiger partial charge in [0.1, 0.15) is 19.5 Å². The highest BCUT2D eigenvalue weighted by Gasteiger charge is 2.14. The van der Waals surface area contributed by atoms with E-state index in [9.17, 15) is 4.79 Å². The van der Waals surface area contributed by atoms with Gasteiger partial charge in [-0.15, -0.1) is 0 Å². The van der Waals surface area contributed by atoms with Gasteiger partial charge < -0.3 is 14.8 Å². The van der Waals surface area contributed by atoms with Crippen LogP contribution < -0.4 is 5.32 Å². The number of nitrogens with one attached hydrogen (secondary N) is 1. The number of carbonyl (C=O) groups is 1. The number of rotatable bonds is 5. The molecule has 0 spiro atoms. The summed E-state index contributed by atoms with van der Waals surface area (Å²) in [5.41, 5.74) is 2.05. The zero-order chi connectivity index (χ0) is 13.5. The number of amides is 1. The molecule has 1 aliphatic heterocycles. The SMILES string of the molecule is CCCCc1ccc(NC(=O)C2=COCCO2)cc1. The molecule has 1 aliphatic rings. The Morgan fingerprint density at radius 2 is 2.05 bits per heavy atom. The second-order valence-electron chi connectivity index (χ2n) is 4.46. The van der Waals surface area contributed by atoms with Gasteiger partial charge in [0.2, 0.25) is 5.76 Å². The third-order valence-corrected chi connectivity index (χ3v) is 2.90. The normalized spacial score (nSPS) is 14.1. The van der Waals surface area contributed by atoms with E-state index in [1.165, 1.54) is 24.7 Å². The van der Waals surface area contributed by atoms with Gasteiger partial charge in [-0.1, -0.05) is 25.5 Å². The zero-order valence-corrected chi connectivity index (χ0v) is 11.1. The Balaban J connectivity index is 1.91. The highest BCUT2D eigenvalue weighted by Crippen LogP contribution is 2.14. The average molecular weight is 261 g/mol. The van der Waals surface area contributed by atoms with Gasteiger partial charge in [0, 0.05) is 5.69 Å². The number of carbonyl (C=O) groups excluding carboxylic acids is 1. The van der Waals surface area contributed by atoms with Crippen molar-refractivity contribution in [2.45, 2.75) is 26.2 Å². The number of hydrogen-bond donors (Lipinski definition) is 1. The molecule has 4 nitrogen and oxygen atoms in total. The second kappa shape index (κ2) is 6.83. The lowest BCUT2D eigenvalue weighted by Gasteiger charge is -2.15. The summed E-state index contributed by atoms with van der Waals surface area (Å²) in [6, 6.07) is 7.90. The summed E-state index contributed by atoms with van der Waals surface area (Å²) in [6.07, 6.45) is 4.80. The molecule has 0 fully saturated rings. The third kappa shape index (κ3) is 4.02. The minimum absolute atomic E-state index is 0.223. The van der Waals surface area contributed by atoms with Crippen molar-refractivity contribution in [1.29, 1.82) is 0 Å². The van der Waals surface area contributed by atoms with Crippen LogP contribution in [0.3, 0.4) is 0 Å². The summed E-state index contributed by atoms with van der Waals surface area (Å²) in [4.78, 5) is 11.8. The van der Waals surface area contributed by atoms with Crippen LogP contribution in [0.4, 0.5) is 5.69 Å². The molecule has 0 aliphatic carbocycles. The first-order valence-electron chi connectivity index (χ1n) is 6.64. The molecule has 0 saturated carbocycles. The molecule has 102 valence electrons. The molecule has 2 rings (SSSR count). The number of anilines is 1. The van der Waals surface area contributed by atoms with E-state index >= 15 is 0 Å². The van der Waals surface area contributed by atoms with Crippen LogP contribution in [-0.4, -0.2) is 19.1 Å². The smallest absolute Gasteiger partial charge is 0.294 e. The van der Waals surface area contributed by atoms with Crippen LogP contribution in [0.1, 0.15) is 25.3 Å². The quantitative estimate of drug-likeness (QED) is 0.886. The number of hydrogen-bond acceptors (Lipinski definition) is 3. The van der Waals surface area contributed by atoms with Gasteiger partial charge in [-0.05, 0) is 30.5 Å². The third-order valence-electron chi connectivity index (χ3n) is 2.90. The maximum atomic E-state index is 11.8. The lowest BCUT2D eigenvalue weighted by Crippen LogP contribution is -2.21. The summed E-state index contributed by atoms with van der Waals surface area (Å²) in [5.74, 6) is -0.0534.